The number of aliphatic hydroxyl groups excluding tert-OH is 1. The number of aromatic nitrogens is 1. The monoisotopic (exact) mass is 307 g/mol. The van der Waals surface area contributed by atoms with Crippen molar-refractivity contribution in [2.24, 2.45) is 0 Å². The van der Waals surface area contributed by atoms with Gasteiger partial charge in [0.2, 0.25) is 0 Å². The molecule has 0 saturated carbocycles. The van der Waals surface area contributed by atoms with E-state index < -0.39 is 16.3 Å². The fraction of sp³-hybridized carbons (Fsp3) is 0.357. The molecule has 1 aromatic heterocycles. The molecule has 1 aliphatic heterocycles. The van der Waals surface area contributed by atoms with E-state index in [1.54, 1.807) is 18.3 Å². The smallest absolute Gasteiger partial charge is 0.301 e. The first-order valence-corrected chi connectivity index (χ1v) is 8.30. The number of aliphatic hydroxyl groups is 1. The van der Waals surface area contributed by atoms with E-state index in [2.05, 4.69) is 9.71 Å². The van der Waals surface area contributed by atoms with Gasteiger partial charge in [0.15, 0.2) is 0 Å². The highest BCUT2D eigenvalue weighted by molar-refractivity contribution is 7.90. The summed E-state index contributed by atoms with van der Waals surface area (Å²) in [7, 11) is -3.62. The Bertz CT molecular complexity index is 735. The second kappa shape index (κ2) is 5.59. The number of benzene rings is 1. The molecular formula is C14H17N3O3S. The van der Waals surface area contributed by atoms with Crippen LogP contribution in [0.1, 0.15) is 12.8 Å². The lowest BCUT2D eigenvalue weighted by atomic mass is 10.1. The van der Waals surface area contributed by atoms with Gasteiger partial charge in [-0.1, -0.05) is 18.2 Å². The van der Waals surface area contributed by atoms with E-state index in [-0.39, 0.29) is 0 Å². The number of nitrogens with one attached hydrogen (secondary N) is 1. The maximum atomic E-state index is 12.4. The lowest BCUT2D eigenvalue weighted by molar-refractivity contribution is 0.113. The molecule has 112 valence electrons. The van der Waals surface area contributed by atoms with Crippen LogP contribution >= 0.6 is 0 Å². The molecule has 1 fully saturated rings. The van der Waals surface area contributed by atoms with Crippen molar-refractivity contribution in [1.29, 1.82) is 0 Å². The summed E-state index contributed by atoms with van der Waals surface area (Å²) < 4.78 is 28.8. The molecule has 0 bridgehead atoms. The number of hydrogen-bond donors (Lipinski definition) is 2. The van der Waals surface area contributed by atoms with E-state index in [1.807, 2.05) is 18.2 Å². The van der Waals surface area contributed by atoms with Crippen LogP contribution in [0.5, 0.6) is 0 Å². The highest BCUT2D eigenvalue weighted by atomic mass is 32.2. The predicted molar refractivity (Wildman–Crippen MR) is 81.1 cm³/mol. The Morgan fingerprint density at radius 2 is 1.90 bits per heavy atom. The standard InChI is InChI=1S/C14H17N3O3S/c18-12-6-9-17(10-7-12)21(19,20)16-13-5-1-3-11-4-2-8-15-14(11)13/h1-5,8,12,16,18H,6-7,9-10H2. The highest BCUT2D eigenvalue weighted by Gasteiger charge is 2.27. The molecule has 1 aliphatic rings. The van der Waals surface area contributed by atoms with E-state index in [9.17, 15) is 13.5 Å². The minimum atomic E-state index is -3.62. The lowest BCUT2D eigenvalue weighted by Crippen LogP contribution is -2.42. The van der Waals surface area contributed by atoms with Crippen molar-refractivity contribution in [3.63, 3.8) is 0 Å². The zero-order chi connectivity index (χ0) is 14.9. The number of nitrogens with zero attached hydrogens (tertiary/aromatic N) is 2. The molecule has 0 aliphatic carbocycles. The fourth-order valence-electron chi connectivity index (χ4n) is 2.47. The molecule has 21 heavy (non-hydrogen) atoms. The Labute approximate surface area is 123 Å². The third-order valence-electron chi connectivity index (χ3n) is 3.64. The summed E-state index contributed by atoms with van der Waals surface area (Å²) in [5, 5.41) is 10.4. The molecule has 1 saturated heterocycles. The van der Waals surface area contributed by atoms with Crippen LogP contribution in [0.2, 0.25) is 0 Å². The van der Waals surface area contributed by atoms with Crippen molar-refractivity contribution in [2.75, 3.05) is 17.8 Å². The van der Waals surface area contributed by atoms with Crippen LogP contribution in [0.4, 0.5) is 5.69 Å². The Balaban J connectivity index is 1.87. The van der Waals surface area contributed by atoms with Crippen molar-refractivity contribution in [3.05, 3.63) is 36.5 Å². The summed E-state index contributed by atoms with van der Waals surface area (Å²) in [5.41, 5.74) is 1.10. The second-order valence-corrected chi connectivity index (χ2v) is 6.79. The highest BCUT2D eigenvalue weighted by Crippen LogP contribution is 2.23. The molecule has 7 heteroatoms. The third-order valence-corrected chi connectivity index (χ3v) is 5.16. The Hall–Kier alpha value is -1.70. The molecule has 0 amide bonds. The molecule has 3 rings (SSSR count). The number of pyridine rings is 1. The van der Waals surface area contributed by atoms with Crippen molar-refractivity contribution in [3.8, 4) is 0 Å². The van der Waals surface area contributed by atoms with Gasteiger partial charge in [-0.05, 0) is 25.0 Å². The zero-order valence-electron chi connectivity index (χ0n) is 11.4. The van der Waals surface area contributed by atoms with Gasteiger partial charge in [0.1, 0.15) is 0 Å². The van der Waals surface area contributed by atoms with Gasteiger partial charge < -0.3 is 5.11 Å². The van der Waals surface area contributed by atoms with Gasteiger partial charge in [-0.3, -0.25) is 9.71 Å². The summed E-state index contributed by atoms with van der Waals surface area (Å²) in [6.07, 6.45) is 2.16. The first-order chi connectivity index (χ1) is 10.1. The number of rotatable bonds is 3. The van der Waals surface area contributed by atoms with Crippen LogP contribution < -0.4 is 4.72 Å². The minimum absolute atomic E-state index is 0.328. The Morgan fingerprint density at radius 1 is 1.19 bits per heavy atom. The maximum absolute atomic E-state index is 12.4. The van der Waals surface area contributed by atoms with Gasteiger partial charge in [0.25, 0.3) is 0 Å². The van der Waals surface area contributed by atoms with E-state index in [0.717, 1.165) is 5.39 Å². The van der Waals surface area contributed by atoms with Gasteiger partial charge in [0, 0.05) is 24.7 Å². The van der Waals surface area contributed by atoms with E-state index in [0.29, 0.717) is 37.1 Å². The lowest BCUT2D eigenvalue weighted by Gasteiger charge is -2.29. The summed E-state index contributed by atoms with van der Waals surface area (Å²) >= 11 is 0. The normalized spacial score (nSPS) is 18.0. The molecular weight excluding hydrogens is 290 g/mol. The van der Waals surface area contributed by atoms with Crippen LogP contribution in [0.3, 0.4) is 0 Å². The fourth-order valence-corrected chi connectivity index (χ4v) is 3.74. The van der Waals surface area contributed by atoms with Gasteiger partial charge >= 0.3 is 10.2 Å². The quantitative estimate of drug-likeness (QED) is 0.896. The van der Waals surface area contributed by atoms with Crippen LogP contribution in [0, 0.1) is 0 Å². The van der Waals surface area contributed by atoms with Crippen molar-refractivity contribution >= 4 is 26.8 Å². The zero-order valence-corrected chi connectivity index (χ0v) is 12.3. The second-order valence-electron chi connectivity index (χ2n) is 5.12. The number of hydrogen-bond acceptors (Lipinski definition) is 4. The van der Waals surface area contributed by atoms with Gasteiger partial charge in [-0.15, -0.1) is 0 Å². The molecule has 0 radical (unpaired) electrons. The summed E-state index contributed by atoms with van der Waals surface area (Å²) in [4.78, 5) is 4.24. The maximum Gasteiger partial charge on any atom is 0.301 e. The van der Waals surface area contributed by atoms with E-state index >= 15 is 0 Å². The molecule has 6 nitrogen and oxygen atoms in total. The van der Waals surface area contributed by atoms with Crippen molar-refractivity contribution in [2.45, 2.75) is 18.9 Å². The summed E-state index contributed by atoms with van der Waals surface area (Å²) in [6, 6.07) is 9.08. The largest absolute Gasteiger partial charge is 0.393 e. The topological polar surface area (TPSA) is 82.5 Å². The molecule has 1 aromatic carbocycles. The van der Waals surface area contributed by atoms with Crippen LogP contribution in [0.25, 0.3) is 10.9 Å². The van der Waals surface area contributed by atoms with Gasteiger partial charge in [-0.25, -0.2) is 0 Å². The van der Waals surface area contributed by atoms with Crippen molar-refractivity contribution in [1.82, 2.24) is 9.29 Å². The third kappa shape index (κ3) is 2.99. The average Bonchev–Trinajstić information content (AvgIpc) is 2.48. The van der Waals surface area contributed by atoms with E-state index in [1.165, 1.54) is 4.31 Å². The molecule has 0 atom stereocenters. The number of para-hydroxylation sites is 1. The number of fused-ring (bicyclic) bond motifs is 1. The molecule has 0 spiro atoms. The predicted octanol–water partition coefficient (Wildman–Crippen LogP) is 1.35. The van der Waals surface area contributed by atoms with Gasteiger partial charge in [0.05, 0.1) is 17.3 Å². The molecule has 0 unspecified atom stereocenters. The van der Waals surface area contributed by atoms with Crippen LogP contribution in [-0.4, -0.2) is 42.0 Å². The molecule has 2 aromatic rings. The van der Waals surface area contributed by atoms with Gasteiger partial charge in [-0.2, -0.15) is 12.7 Å². The Kier molecular flexibility index (Phi) is 3.79. The Morgan fingerprint density at radius 3 is 2.67 bits per heavy atom. The van der Waals surface area contributed by atoms with Crippen molar-refractivity contribution < 1.29 is 13.5 Å². The first-order valence-electron chi connectivity index (χ1n) is 6.86. The number of piperidine rings is 1. The summed E-state index contributed by atoms with van der Waals surface area (Å²) in [5.74, 6) is 0. The SMILES string of the molecule is O=S(=O)(Nc1cccc2cccnc12)N1CCC(O)CC1. The average molecular weight is 307 g/mol. The van der Waals surface area contributed by atoms with Crippen LogP contribution in [-0.2, 0) is 10.2 Å². The van der Waals surface area contributed by atoms with Crippen LogP contribution in [0.15, 0.2) is 36.5 Å². The number of anilines is 1. The molecule has 2 heterocycles. The summed E-state index contributed by atoms with van der Waals surface area (Å²) in [6.45, 7) is 0.656. The molecule has 2 N–H and O–H groups in total. The first kappa shape index (κ1) is 14.2. The minimum Gasteiger partial charge on any atom is -0.393 e. The van der Waals surface area contributed by atoms with E-state index in [4.69, 9.17) is 0 Å².